The van der Waals surface area contributed by atoms with Gasteiger partial charge in [-0.1, -0.05) is 42.5 Å². The van der Waals surface area contributed by atoms with Gasteiger partial charge in [0.15, 0.2) is 0 Å². The zero-order valence-corrected chi connectivity index (χ0v) is 16.1. The number of fused-ring (bicyclic) bond motifs is 1. The summed E-state index contributed by atoms with van der Waals surface area (Å²) in [5.74, 6) is -0.0563. The molecule has 6 nitrogen and oxygen atoms in total. The Morgan fingerprint density at radius 3 is 2.22 bits per heavy atom. The van der Waals surface area contributed by atoms with Crippen molar-refractivity contribution in [3.8, 4) is 0 Å². The summed E-state index contributed by atoms with van der Waals surface area (Å²) in [6, 6.07) is 17.5. The maximum absolute atomic E-state index is 13.1. The molecule has 0 saturated carbocycles. The maximum Gasteiger partial charge on any atom is 0.329 e. The molecule has 142 valence electrons. The number of amides is 1. The van der Waals surface area contributed by atoms with Crippen LogP contribution >= 0.6 is 0 Å². The number of likely N-dealkylation sites (N-methyl/N-ethyl adjacent to an activating group) is 1. The van der Waals surface area contributed by atoms with Crippen LogP contribution in [0.1, 0.15) is 5.56 Å². The third kappa shape index (κ3) is 4.28. The second-order valence-corrected chi connectivity index (χ2v) is 7.02. The molecule has 0 fully saturated rings. The molecule has 27 heavy (non-hydrogen) atoms. The van der Waals surface area contributed by atoms with Gasteiger partial charge in [-0.05, 0) is 31.8 Å². The van der Waals surface area contributed by atoms with Gasteiger partial charge in [0.2, 0.25) is 5.91 Å². The molecular weight excluding hydrogens is 340 g/mol. The Bertz CT molecular complexity index is 973. The van der Waals surface area contributed by atoms with Gasteiger partial charge in [0, 0.05) is 26.7 Å². The summed E-state index contributed by atoms with van der Waals surface area (Å²) < 4.78 is 3.15. The molecule has 0 spiro atoms. The molecule has 3 aromatic rings. The van der Waals surface area contributed by atoms with Crippen LogP contribution in [-0.4, -0.2) is 52.0 Å². The molecule has 0 aliphatic rings. The van der Waals surface area contributed by atoms with Crippen LogP contribution in [-0.2, 0) is 24.9 Å². The van der Waals surface area contributed by atoms with E-state index in [9.17, 15) is 9.59 Å². The lowest BCUT2D eigenvalue weighted by Crippen LogP contribution is -2.39. The van der Waals surface area contributed by atoms with Crippen LogP contribution in [0.4, 0.5) is 0 Å². The highest BCUT2D eigenvalue weighted by molar-refractivity contribution is 5.81. The Hall–Kier alpha value is -2.86. The molecule has 0 atom stereocenters. The molecule has 0 bridgehead atoms. The van der Waals surface area contributed by atoms with Gasteiger partial charge in [-0.3, -0.25) is 13.9 Å². The molecule has 1 amide bonds. The van der Waals surface area contributed by atoms with Crippen LogP contribution in [0.3, 0.4) is 0 Å². The average molecular weight is 366 g/mol. The van der Waals surface area contributed by atoms with Crippen molar-refractivity contribution in [2.75, 3.05) is 27.2 Å². The summed E-state index contributed by atoms with van der Waals surface area (Å²) in [7, 11) is 5.71. The lowest BCUT2D eigenvalue weighted by atomic mass is 10.2. The van der Waals surface area contributed by atoms with Crippen LogP contribution in [0.25, 0.3) is 11.0 Å². The molecular formula is C21H26N4O2. The van der Waals surface area contributed by atoms with E-state index in [2.05, 4.69) is 4.90 Å². The van der Waals surface area contributed by atoms with Gasteiger partial charge in [-0.25, -0.2) is 4.79 Å². The predicted molar refractivity (Wildman–Crippen MR) is 108 cm³/mol. The summed E-state index contributed by atoms with van der Waals surface area (Å²) in [5, 5.41) is 0. The average Bonchev–Trinajstić information content (AvgIpc) is 2.91. The van der Waals surface area contributed by atoms with Crippen LogP contribution in [0.2, 0.25) is 0 Å². The summed E-state index contributed by atoms with van der Waals surface area (Å²) in [4.78, 5) is 29.6. The number of imidazole rings is 1. The summed E-state index contributed by atoms with van der Waals surface area (Å²) >= 11 is 0. The fourth-order valence-electron chi connectivity index (χ4n) is 3.17. The van der Waals surface area contributed by atoms with E-state index in [1.807, 2.05) is 73.6 Å². The third-order valence-electron chi connectivity index (χ3n) is 4.73. The summed E-state index contributed by atoms with van der Waals surface area (Å²) in [6.45, 7) is 1.96. The van der Waals surface area contributed by atoms with Crippen molar-refractivity contribution < 1.29 is 4.79 Å². The standard InChI is InChI=1S/C21H26N4O2/c1-22(2)13-14-24(15-17-9-5-4-6-10-17)20(26)16-25-19-12-8-7-11-18(19)23(3)21(25)27/h4-12H,13-16H2,1-3H3. The highest BCUT2D eigenvalue weighted by atomic mass is 16.2. The lowest BCUT2D eigenvalue weighted by Gasteiger charge is -2.25. The molecule has 2 aromatic carbocycles. The molecule has 0 aliphatic carbocycles. The Labute approximate surface area is 159 Å². The Morgan fingerprint density at radius 1 is 0.926 bits per heavy atom. The number of aromatic nitrogens is 2. The molecule has 0 radical (unpaired) electrons. The van der Waals surface area contributed by atoms with E-state index in [-0.39, 0.29) is 18.1 Å². The van der Waals surface area contributed by atoms with Gasteiger partial charge in [0.05, 0.1) is 11.0 Å². The molecule has 1 heterocycles. The van der Waals surface area contributed by atoms with Crippen molar-refractivity contribution in [1.82, 2.24) is 18.9 Å². The minimum Gasteiger partial charge on any atom is -0.336 e. The molecule has 0 saturated heterocycles. The second-order valence-electron chi connectivity index (χ2n) is 7.02. The zero-order chi connectivity index (χ0) is 19.4. The first-order chi connectivity index (χ1) is 13.0. The van der Waals surface area contributed by atoms with Crippen molar-refractivity contribution >= 4 is 16.9 Å². The predicted octanol–water partition coefficient (Wildman–Crippen LogP) is 1.93. The Kier molecular flexibility index (Phi) is 5.76. The highest BCUT2D eigenvalue weighted by Gasteiger charge is 2.18. The number of hydrogen-bond donors (Lipinski definition) is 0. The number of rotatable bonds is 7. The first-order valence-electron chi connectivity index (χ1n) is 9.08. The van der Waals surface area contributed by atoms with E-state index in [4.69, 9.17) is 0 Å². The summed E-state index contributed by atoms with van der Waals surface area (Å²) in [5.41, 5.74) is 2.52. The largest absolute Gasteiger partial charge is 0.336 e. The zero-order valence-electron chi connectivity index (χ0n) is 16.1. The van der Waals surface area contributed by atoms with E-state index in [0.29, 0.717) is 13.1 Å². The van der Waals surface area contributed by atoms with Crippen molar-refractivity contribution in [1.29, 1.82) is 0 Å². The molecule has 0 aliphatic heterocycles. The number of hydrogen-bond acceptors (Lipinski definition) is 3. The van der Waals surface area contributed by atoms with Crippen molar-refractivity contribution in [3.05, 3.63) is 70.6 Å². The monoisotopic (exact) mass is 366 g/mol. The fourth-order valence-corrected chi connectivity index (χ4v) is 3.17. The van der Waals surface area contributed by atoms with E-state index in [0.717, 1.165) is 23.1 Å². The van der Waals surface area contributed by atoms with Gasteiger partial charge < -0.3 is 9.80 Å². The quantitative estimate of drug-likeness (QED) is 0.642. The smallest absolute Gasteiger partial charge is 0.329 e. The molecule has 3 rings (SSSR count). The third-order valence-corrected chi connectivity index (χ3v) is 4.73. The first-order valence-corrected chi connectivity index (χ1v) is 9.08. The highest BCUT2D eigenvalue weighted by Crippen LogP contribution is 2.12. The van der Waals surface area contributed by atoms with Crippen molar-refractivity contribution in [2.45, 2.75) is 13.1 Å². The number of aryl methyl sites for hydroxylation is 1. The normalized spacial score (nSPS) is 11.3. The number of nitrogens with zero attached hydrogens (tertiary/aromatic N) is 4. The maximum atomic E-state index is 13.1. The molecule has 0 unspecified atom stereocenters. The van der Waals surface area contributed by atoms with E-state index >= 15 is 0 Å². The topological polar surface area (TPSA) is 50.5 Å². The number of carbonyl (C=O) groups excluding carboxylic acids is 1. The number of para-hydroxylation sites is 2. The lowest BCUT2D eigenvalue weighted by molar-refractivity contribution is -0.132. The van der Waals surface area contributed by atoms with Gasteiger partial charge >= 0.3 is 5.69 Å². The molecule has 1 aromatic heterocycles. The van der Waals surface area contributed by atoms with Crippen LogP contribution < -0.4 is 5.69 Å². The fraction of sp³-hybridized carbons (Fsp3) is 0.333. The Balaban J connectivity index is 1.86. The van der Waals surface area contributed by atoms with E-state index in [1.54, 1.807) is 16.2 Å². The van der Waals surface area contributed by atoms with E-state index < -0.39 is 0 Å². The minimum absolute atomic E-state index is 0.0421. The SMILES string of the molecule is CN(C)CCN(Cc1ccccc1)C(=O)Cn1c(=O)n(C)c2ccccc21. The van der Waals surface area contributed by atoms with Crippen molar-refractivity contribution in [2.24, 2.45) is 7.05 Å². The minimum atomic E-state index is -0.170. The van der Waals surface area contributed by atoms with Crippen LogP contribution in [0.15, 0.2) is 59.4 Å². The van der Waals surface area contributed by atoms with Gasteiger partial charge in [0.25, 0.3) is 0 Å². The first kappa shape index (κ1) is 18.9. The second kappa shape index (κ2) is 8.22. The summed E-state index contributed by atoms with van der Waals surface area (Å²) in [6.07, 6.45) is 0. The van der Waals surface area contributed by atoms with Crippen LogP contribution in [0.5, 0.6) is 0 Å². The van der Waals surface area contributed by atoms with Crippen molar-refractivity contribution in [3.63, 3.8) is 0 Å². The van der Waals surface area contributed by atoms with Crippen LogP contribution in [0, 0.1) is 0 Å². The molecule has 0 N–H and O–H groups in total. The van der Waals surface area contributed by atoms with E-state index in [1.165, 1.54) is 0 Å². The van der Waals surface area contributed by atoms with Gasteiger partial charge in [-0.2, -0.15) is 0 Å². The van der Waals surface area contributed by atoms with Gasteiger partial charge in [-0.15, -0.1) is 0 Å². The Morgan fingerprint density at radius 2 is 1.56 bits per heavy atom. The number of benzene rings is 2. The number of carbonyl (C=O) groups is 1. The van der Waals surface area contributed by atoms with Gasteiger partial charge in [0.1, 0.15) is 6.54 Å². The molecule has 6 heteroatoms.